The van der Waals surface area contributed by atoms with Gasteiger partial charge in [-0.15, -0.1) is 10.2 Å². The second-order valence-corrected chi connectivity index (χ2v) is 9.78. The number of tetrazole rings is 1. The second kappa shape index (κ2) is 12.9. The molecule has 0 atom stereocenters. The van der Waals surface area contributed by atoms with Crippen LogP contribution in [0.5, 0.6) is 0 Å². The molecule has 10 nitrogen and oxygen atoms in total. The van der Waals surface area contributed by atoms with Crippen molar-refractivity contribution in [1.29, 1.82) is 0 Å². The molecular formula is C30H30ClN7O3. The molecule has 0 unspecified atom stereocenters. The van der Waals surface area contributed by atoms with Gasteiger partial charge in [0.05, 0.1) is 5.69 Å². The predicted molar refractivity (Wildman–Crippen MR) is 154 cm³/mol. The normalized spacial score (nSPS) is 11.3. The van der Waals surface area contributed by atoms with Crippen LogP contribution in [-0.4, -0.2) is 55.2 Å². The molecule has 0 aliphatic carbocycles. The number of hydrogen-bond donors (Lipinski definition) is 1. The molecule has 210 valence electrons. The van der Waals surface area contributed by atoms with Crippen molar-refractivity contribution in [3.8, 4) is 22.5 Å². The number of ketones is 1. The number of aromatic amines is 1. The van der Waals surface area contributed by atoms with E-state index in [1.807, 2.05) is 53.1 Å². The first kappa shape index (κ1) is 28.3. The fourth-order valence-electron chi connectivity index (χ4n) is 4.75. The van der Waals surface area contributed by atoms with E-state index in [9.17, 15) is 4.79 Å². The number of carbonyl (C=O) groups is 1. The van der Waals surface area contributed by atoms with Crippen molar-refractivity contribution < 1.29 is 14.3 Å². The lowest BCUT2D eigenvalue weighted by Crippen LogP contribution is -2.16. The second-order valence-electron chi connectivity index (χ2n) is 9.42. The minimum atomic E-state index is -0.699. The Kier molecular flexibility index (Phi) is 8.93. The van der Waals surface area contributed by atoms with E-state index in [1.165, 1.54) is 14.2 Å². The molecule has 41 heavy (non-hydrogen) atoms. The predicted octanol–water partition coefficient (Wildman–Crippen LogP) is 5.69. The highest BCUT2D eigenvalue weighted by Gasteiger charge is 2.25. The lowest BCUT2D eigenvalue weighted by Gasteiger charge is -2.15. The van der Waals surface area contributed by atoms with Crippen molar-refractivity contribution in [3.63, 3.8) is 0 Å². The van der Waals surface area contributed by atoms with Gasteiger partial charge in [0, 0.05) is 32.7 Å². The molecule has 0 radical (unpaired) electrons. The molecule has 2 aromatic carbocycles. The SMILES string of the molecule is CCCCc1nc(Cl)c(C(=O)c2cccc(C(OC)OC)n2)n1Cc1ccc(-c2ccccc2)c(-c2nn[nH]n2)c1. The summed E-state index contributed by atoms with van der Waals surface area (Å²) in [6.45, 7) is 2.47. The molecule has 11 heteroatoms. The van der Waals surface area contributed by atoms with Gasteiger partial charge in [0.1, 0.15) is 17.2 Å². The average Bonchev–Trinajstić information content (AvgIpc) is 3.65. The van der Waals surface area contributed by atoms with Crippen LogP contribution in [0.3, 0.4) is 0 Å². The zero-order valence-corrected chi connectivity index (χ0v) is 23.8. The zero-order valence-electron chi connectivity index (χ0n) is 23.0. The fourth-order valence-corrected chi connectivity index (χ4v) is 5.04. The number of pyridine rings is 1. The maximum absolute atomic E-state index is 13.9. The average molecular weight is 572 g/mol. The standard InChI is InChI=1S/C30H30ClN7O3/c1-4-5-14-25-33-28(31)26(27(39)23-12-9-13-24(32-23)30(40-2)41-3)38(25)18-19-15-16-21(20-10-7-6-8-11-20)22(17-19)29-34-36-37-35-29/h6-13,15-17,30H,4-5,14,18H2,1-3H3,(H,34,35,36,37). The third kappa shape index (κ3) is 6.09. The van der Waals surface area contributed by atoms with Crippen molar-refractivity contribution in [1.82, 2.24) is 35.2 Å². The molecule has 0 fully saturated rings. The van der Waals surface area contributed by atoms with Crippen molar-refractivity contribution in [3.05, 3.63) is 100 Å². The quantitative estimate of drug-likeness (QED) is 0.150. The number of aromatic nitrogens is 7. The van der Waals surface area contributed by atoms with Crippen LogP contribution in [0.25, 0.3) is 22.5 Å². The summed E-state index contributed by atoms with van der Waals surface area (Å²) < 4.78 is 12.5. The van der Waals surface area contributed by atoms with Gasteiger partial charge in [-0.05, 0) is 46.5 Å². The van der Waals surface area contributed by atoms with Gasteiger partial charge in [-0.2, -0.15) is 5.21 Å². The summed E-state index contributed by atoms with van der Waals surface area (Å²) >= 11 is 6.65. The number of hydrogen-bond acceptors (Lipinski definition) is 8. The van der Waals surface area contributed by atoms with Gasteiger partial charge >= 0.3 is 0 Å². The Bertz CT molecular complexity index is 1620. The van der Waals surface area contributed by atoms with Gasteiger partial charge in [0.15, 0.2) is 5.15 Å². The van der Waals surface area contributed by atoms with Gasteiger partial charge in [-0.1, -0.05) is 73.5 Å². The van der Waals surface area contributed by atoms with Crippen LogP contribution in [-0.2, 0) is 22.4 Å². The summed E-state index contributed by atoms with van der Waals surface area (Å²) in [5.74, 6) is 0.873. The van der Waals surface area contributed by atoms with E-state index >= 15 is 0 Å². The molecule has 3 aromatic heterocycles. The molecule has 0 aliphatic heterocycles. The first-order chi connectivity index (χ1) is 20.0. The van der Waals surface area contributed by atoms with E-state index in [0.717, 1.165) is 40.9 Å². The number of H-pyrrole nitrogens is 1. The molecular weight excluding hydrogens is 542 g/mol. The Balaban J connectivity index is 1.57. The summed E-state index contributed by atoms with van der Waals surface area (Å²) in [4.78, 5) is 23.0. The largest absolute Gasteiger partial charge is 0.350 e. The number of nitrogens with one attached hydrogen (secondary N) is 1. The Morgan fingerprint density at radius 3 is 2.51 bits per heavy atom. The molecule has 1 N–H and O–H groups in total. The van der Waals surface area contributed by atoms with Crippen molar-refractivity contribution in [2.24, 2.45) is 0 Å². The van der Waals surface area contributed by atoms with E-state index in [2.05, 4.69) is 37.5 Å². The van der Waals surface area contributed by atoms with Gasteiger partial charge in [-0.3, -0.25) is 4.79 Å². The number of methoxy groups -OCH3 is 2. The molecule has 0 amide bonds. The first-order valence-electron chi connectivity index (χ1n) is 13.3. The van der Waals surface area contributed by atoms with Crippen molar-refractivity contribution >= 4 is 17.4 Å². The highest BCUT2D eigenvalue weighted by Crippen LogP contribution is 2.32. The molecule has 3 heterocycles. The number of aryl methyl sites for hydroxylation is 1. The van der Waals surface area contributed by atoms with Gasteiger partial charge < -0.3 is 14.0 Å². The van der Waals surface area contributed by atoms with Gasteiger partial charge in [-0.25, -0.2) is 9.97 Å². The van der Waals surface area contributed by atoms with E-state index in [-0.39, 0.29) is 22.3 Å². The summed E-state index contributed by atoms with van der Waals surface area (Å²) in [6, 6.07) is 21.2. The Labute approximate surface area is 242 Å². The Morgan fingerprint density at radius 1 is 1.00 bits per heavy atom. The molecule has 0 bridgehead atoms. The van der Waals surface area contributed by atoms with Crippen LogP contribution in [0.15, 0.2) is 66.7 Å². The number of benzene rings is 2. The van der Waals surface area contributed by atoms with E-state index in [4.69, 9.17) is 21.1 Å². The van der Waals surface area contributed by atoms with E-state index in [0.29, 0.717) is 24.5 Å². The fraction of sp³-hybridized carbons (Fsp3) is 0.267. The molecule has 0 saturated carbocycles. The number of halogens is 1. The zero-order chi connectivity index (χ0) is 28.8. The van der Waals surface area contributed by atoms with E-state index < -0.39 is 6.29 Å². The first-order valence-corrected chi connectivity index (χ1v) is 13.7. The Morgan fingerprint density at radius 2 is 1.80 bits per heavy atom. The smallest absolute Gasteiger partial charge is 0.230 e. The van der Waals surface area contributed by atoms with Crippen LogP contribution < -0.4 is 0 Å². The molecule has 0 spiro atoms. The molecule has 0 aliphatic rings. The number of rotatable bonds is 12. The number of ether oxygens (including phenoxy) is 2. The highest BCUT2D eigenvalue weighted by atomic mass is 35.5. The summed E-state index contributed by atoms with van der Waals surface area (Å²) in [5.41, 5.74) is 4.72. The van der Waals surface area contributed by atoms with Crippen LogP contribution in [0.4, 0.5) is 0 Å². The lowest BCUT2D eigenvalue weighted by atomic mass is 9.97. The third-order valence-electron chi connectivity index (χ3n) is 6.74. The lowest BCUT2D eigenvalue weighted by molar-refractivity contribution is -0.108. The minimum absolute atomic E-state index is 0.141. The van der Waals surface area contributed by atoms with Crippen LogP contribution >= 0.6 is 11.6 Å². The van der Waals surface area contributed by atoms with Gasteiger partial charge in [0.25, 0.3) is 0 Å². The summed E-state index contributed by atoms with van der Waals surface area (Å²) in [7, 11) is 3.03. The molecule has 5 aromatic rings. The molecule has 5 rings (SSSR count). The maximum Gasteiger partial charge on any atom is 0.230 e. The van der Waals surface area contributed by atoms with Crippen LogP contribution in [0.1, 0.15) is 59.3 Å². The summed E-state index contributed by atoms with van der Waals surface area (Å²) in [5, 5.41) is 14.9. The number of carbonyl (C=O) groups excluding carboxylic acids is 1. The van der Waals surface area contributed by atoms with Gasteiger partial charge in [0.2, 0.25) is 17.9 Å². The number of nitrogens with zero attached hydrogens (tertiary/aromatic N) is 6. The topological polar surface area (TPSA) is 121 Å². The van der Waals surface area contributed by atoms with Crippen LogP contribution in [0, 0.1) is 0 Å². The Hall–Kier alpha value is -4.25. The summed E-state index contributed by atoms with van der Waals surface area (Å²) in [6.07, 6.45) is 1.85. The maximum atomic E-state index is 13.9. The molecule has 0 saturated heterocycles. The number of unbranched alkanes of at least 4 members (excludes halogenated alkanes) is 1. The van der Waals surface area contributed by atoms with E-state index in [1.54, 1.807) is 18.2 Å². The van der Waals surface area contributed by atoms with Crippen molar-refractivity contribution in [2.75, 3.05) is 14.2 Å². The monoisotopic (exact) mass is 571 g/mol. The highest BCUT2D eigenvalue weighted by molar-refractivity contribution is 6.33. The van der Waals surface area contributed by atoms with Crippen molar-refractivity contribution in [2.45, 2.75) is 39.0 Å². The minimum Gasteiger partial charge on any atom is -0.350 e. The van der Waals surface area contributed by atoms with Crippen LogP contribution in [0.2, 0.25) is 5.15 Å². The number of imidazole rings is 1. The third-order valence-corrected chi connectivity index (χ3v) is 7.01.